The van der Waals surface area contributed by atoms with Gasteiger partial charge in [-0.05, 0) is 25.4 Å². The molecule has 0 saturated heterocycles. The Labute approximate surface area is 91.9 Å². The number of aliphatic imine (C=N–C) groups is 1. The van der Waals surface area contributed by atoms with E-state index in [-0.39, 0.29) is 0 Å². The van der Waals surface area contributed by atoms with E-state index >= 15 is 0 Å². The third-order valence-electron chi connectivity index (χ3n) is 1.87. The predicted octanol–water partition coefficient (Wildman–Crippen LogP) is 2.37. The topological polar surface area (TPSA) is 25.2 Å². The van der Waals surface area contributed by atoms with Crippen LogP contribution < -0.4 is 0 Å². The zero-order valence-corrected chi connectivity index (χ0v) is 8.85. The van der Waals surface area contributed by atoms with Crippen LogP contribution in [-0.2, 0) is 6.32 Å². The molecule has 0 spiro atoms. The monoisotopic (exact) mass is 196 g/mol. The predicted molar refractivity (Wildman–Crippen MR) is 66.0 cm³/mol. The van der Waals surface area contributed by atoms with Crippen molar-refractivity contribution in [1.29, 1.82) is 0 Å². The zero-order chi connectivity index (χ0) is 11.1. The minimum absolute atomic E-state index is 0.440. The van der Waals surface area contributed by atoms with Crippen molar-refractivity contribution in [3.63, 3.8) is 0 Å². The highest BCUT2D eigenvalue weighted by molar-refractivity contribution is 6.08. The van der Waals surface area contributed by atoms with Crippen LogP contribution in [0.3, 0.4) is 0 Å². The standard InChI is InChI=1S/C12H13BN2/c1-3-8-14-11(4-2)12-7-5-6-10(9-13)15-12/h3-8H,1,9H2,2H3/b11-4-,14-8?. The van der Waals surface area contributed by atoms with E-state index in [4.69, 9.17) is 7.85 Å². The first-order valence-electron chi connectivity index (χ1n) is 4.79. The molecule has 1 rings (SSSR count). The van der Waals surface area contributed by atoms with Gasteiger partial charge in [-0.15, -0.1) is 0 Å². The fourth-order valence-corrected chi connectivity index (χ4v) is 1.16. The Kier molecular flexibility index (Phi) is 4.55. The van der Waals surface area contributed by atoms with Gasteiger partial charge >= 0.3 is 0 Å². The normalized spacial score (nSPS) is 11.9. The molecular weight excluding hydrogens is 183 g/mol. The smallest absolute Gasteiger partial charge is 0.0885 e. The second-order valence-electron chi connectivity index (χ2n) is 2.91. The summed E-state index contributed by atoms with van der Waals surface area (Å²) in [6, 6.07) is 5.74. The molecule has 15 heavy (non-hydrogen) atoms. The highest BCUT2D eigenvalue weighted by Gasteiger charge is 1.99. The lowest BCUT2D eigenvalue weighted by Crippen LogP contribution is -1.94. The Hall–Kier alpha value is -1.64. The molecule has 1 aromatic rings. The average molecular weight is 196 g/mol. The summed E-state index contributed by atoms with van der Waals surface area (Å²) < 4.78 is 0. The second-order valence-corrected chi connectivity index (χ2v) is 2.91. The van der Waals surface area contributed by atoms with Crippen molar-refractivity contribution in [2.75, 3.05) is 0 Å². The Morgan fingerprint density at radius 1 is 1.60 bits per heavy atom. The molecule has 0 aliphatic rings. The summed E-state index contributed by atoms with van der Waals surface area (Å²) in [5, 5.41) is 0. The van der Waals surface area contributed by atoms with E-state index in [9.17, 15) is 0 Å². The van der Waals surface area contributed by atoms with Crippen LogP contribution in [0, 0.1) is 0 Å². The number of hydrogen-bond acceptors (Lipinski definition) is 2. The molecule has 0 bridgehead atoms. The van der Waals surface area contributed by atoms with Gasteiger partial charge in [0.25, 0.3) is 0 Å². The van der Waals surface area contributed by atoms with Crippen LogP contribution in [0.4, 0.5) is 0 Å². The third kappa shape index (κ3) is 3.20. The number of pyridine rings is 1. The average Bonchev–Trinajstić information content (AvgIpc) is 2.30. The second kappa shape index (κ2) is 5.96. The molecular formula is C12H13BN2. The van der Waals surface area contributed by atoms with E-state index < -0.39 is 0 Å². The minimum Gasteiger partial charge on any atom is -0.255 e. The summed E-state index contributed by atoms with van der Waals surface area (Å²) in [5.74, 6) is 0. The first kappa shape index (κ1) is 11.4. The van der Waals surface area contributed by atoms with E-state index in [2.05, 4.69) is 16.6 Å². The van der Waals surface area contributed by atoms with E-state index in [0.717, 1.165) is 17.1 Å². The van der Waals surface area contributed by atoms with Gasteiger partial charge < -0.3 is 0 Å². The Morgan fingerprint density at radius 3 is 3.00 bits per heavy atom. The molecule has 0 N–H and O–H groups in total. The maximum atomic E-state index is 5.52. The van der Waals surface area contributed by atoms with Gasteiger partial charge in [0.15, 0.2) is 0 Å². The summed E-state index contributed by atoms with van der Waals surface area (Å²) in [5.41, 5.74) is 2.52. The summed E-state index contributed by atoms with van der Waals surface area (Å²) in [6.07, 6.45) is 5.63. The number of hydrogen-bond donors (Lipinski definition) is 0. The molecule has 0 atom stereocenters. The molecule has 3 heteroatoms. The minimum atomic E-state index is 0.440. The number of aromatic nitrogens is 1. The first-order chi connectivity index (χ1) is 7.31. The lowest BCUT2D eigenvalue weighted by atomic mass is 10.0. The molecule has 0 aliphatic heterocycles. The number of allylic oxidation sites excluding steroid dienone is 2. The van der Waals surface area contributed by atoms with E-state index in [1.807, 2.05) is 31.2 Å². The number of rotatable bonds is 4. The maximum absolute atomic E-state index is 5.52. The van der Waals surface area contributed by atoms with Crippen molar-refractivity contribution in [3.05, 3.63) is 48.3 Å². The van der Waals surface area contributed by atoms with Gasteiger partial charge in [0.1, 0.15) is 0 Å². The van der Waals surface area contributed by atoms with Crippen LogP contribution in [0.5, 0.6) is 0 Å². The van der Waals surface area contributed by atoms with Crippen LogP contribution >= 0.6 is 0 Å². The molecule has 74 valence electrons. The summed E-state index contributed by atoms with van der Waals surface area (Å²) >= 11 is 0. The fourth-order valence-electron chi connectivity index (χ4n) is 1.16. The summed E-state index contributed by atoms with van der Waals surface area (Å²) in [7, 11) is 5.52. The summed E-state index contributed by atoms with van der Waals surface area (Å²) in [4.78, 5) is 8.60. The molecule has 1 heterocycles. The van der Waals surface area contributed by atoms with Gasteiger partial charge in [-0.2, -0.15) is 0 Å². The van der Waals surface area contributed by atoms with Gasteiger partial charge in [0.05, 0.1) is 19.2 Å². The molecule has 0 aromatic carbocycles. The Balaban J connectivity index is 3.02. The van der Waals surface area contributed by atoms with Crippen molar-refractivity contribution >= 4 is 19.8 Å². The lowest BCUT2D eigenvalue weighted by Gasteiger charge is -2.02. The van der Waals surface area contributed by atoms with Crippen molar-refractivity contribution in [1.82, 2.24) is 4.98 Å². The molecule has 0 saturated carbocycles. The molecule has 0 unspecified atom stereocenters. The van der Waals surface area contributed by atoms with Crippen molar-refractivity contribution < 1.29 is 0 Å². The van der Waals surface area contributed by atoms with Gasteiger partial charge in [0.2, 0.25) is 0 Å². The Bertz CT molecular complexity index is 394. The van der Waals surface area contributed by atoms with E-state index in [1.54, 1.807) is 12.3 Å². The highest BCUT2D eigenvalue weighted by Crippen LogP contribution is 2.13. The SMILES string of the molecule is [B]Cc1cccc(/C(=C/C)N=CC=C)n1. The van der Waals surface area contributed by atoms with Crippen LogP contribution in [-0.4, -0.2) is 19.0 Å². The maximum Gasteiger partial charge on any atom is 0.0885 e. The van der Waals surface area contributed by atoms with Crippen LogP contribution in [0.25, 0.3) is 5.70 Å². The van der Waals surface area contributed by atoms with Crippen molar-refractivity contribution in [3.8, 4) is 0 Å². The largest absolute Gasteiger partial charge is 0.255 e. The summed E-state index contributed by atoms with van der Waals surface area (Å²) in [6.45, 7) is 5.50. The third-order valence-corrected chi connectivity index (χ3v) is 1.87. The van der Waals surface area contributed by atoms with Crippen molar-refractivity contribution in [2.24, 2.45) is 4.99 Å². The first-order valence-corrected chi connectivity index (χ1v) is 4.79. The van der Waals surface area contributed by atoms with Gasteiger partial charge in [-0.25, -0.2) is 0 Å². The molecule has 1 aromatic heterocycles. The van der Waals surface area contributed by atoms with Gasteiger partial charge in [0, 0.05) is 11.9 Å². The van der Waals surface area contributed by atoms with E-state index in [1.165, 1.54) is 0 Å². The zero-order valence-electron chi connectivity index (χ0n) is 8.85. The molecule has 2 radical (unpaired) electrons. The van der Waals surface area contributed by atoms with Gasteiger partial charge in [-0.1, -0.05) is 24.8 Å². The Morgan fingerprint density at radius 2 is 2.40 bits per heavy atom. The van der Waals surface area contributed by atoms with Crippen molar-refractivity contribution in [2.45, 2.75) is 13.2 Å². The molecule has 0 fully saturated rings. The molecule has 0 aliphatic carbocycles. The van der Waals surface area contributed by atoms with Crippen LogP contribution in [0.15, 0.2) is 41.9 Å². The van der Waals surface area contributed by atoms with E-state index in [0.29, 0.717) is 6.32 Å². The molecule has 2 nitrogen and oxygen atoms in total. The van der Waals surface area contributed by atoms with Crippen LogP contribution in [0.1, 0.15) is 18.3 Å². The fraction of sp³-hybridized carbons (Fsp3) is 0.167. The molecule has 0 amide bonds. The highest BCUT2D eigenvalue weighted by atomic mass is 14.8. The van der Waals surface area contributed by atoms with Crippen LogP contribution in [0.2, 0.25) is 0 Å². The number of nitrogens with zero attached hydrogens (tertiary/aromatic N) is 2. The van der Waals surface area contributed by atoms with Gasteiger partial charge in [-0.3, -0.25) is 9.98 Å². The quantitative estimate of drug-likeness (QED) is 0.536. The lowest BCUT2D eigenvalue weighted by molar-refractivity contribution is 1.13.